The summed E-state index contributed by atoms with van der Waals surface area (Å²) in [5.41, 5.74) is 0.652. The van der Waals surface area contributed by atoms with Gasteiger partial charge in [-0.3, -0.25) is 0 Å². The second kappa shape index (κ2) is 4.55. The fraction of sp³-hybridized carbons (Fsp3) is 1.00. The summed E-state index contributed by atoms with van der Waals surface area (Å²) < 4.78 is 6.12. The van der Waals surface area contributed by atoms with Crippen LogP contribution in [0.2, 0.25) is 0 Å². The Hall–Kier alpha value is -0.0800. The van der Waals surface area contributed by atoms with E-state index in [2.05, 4.69) is 27.7 Å². The van der Waals surface area contributed by atoms with Gasteiger partial charge in [0.05, 0.1) is 18.8 Å². The highest BCUT2D eigenvalue weighted by atomic mass is 16.5. The van der Waals surface area contributed by atoms with Crippen molar-refractivity contribution in [3.63, 3.8) is 0 Å². The molecule has 2 nitrogen and oxygen atoms in total. The SMILES string of the molecule is CCCC(O)COC1C2(C)CCC(C2)C1(C)C. The van der Waals surface area contributed by atoms with E-state index in [0.29, 0.717) is 23.5 Å². The maximum atomic E-state index is 9.81. The Balaban J connectivity index is 1.96. The Morgan fingerprint density at radius 2 is 2.06 bits per heavy atom. The van der Waals surface area contributed by atoms with Crippen LogP contribution in [0, 0.1) is 16.7 Å². The summed E-state index contributed by atoms with van der Waals surface area (Å²) in [5, 5.41) is 9.81. The maximum Gasteiger partial charge on any atom is 0.0773 e. The van der Waals surface area contributed by atoms with Gasteiger partial charge in [0.25, 0.3) is 0 Å². The average Bonchev–Trinajstić information content (AvgIpc) is 2.69. The zero-order valence-electron chi connectivity index (χ0n) is 11.8. The number of hydrogen-bond acceptors (Lipinski definition) is 2. The molecule has 0 amide bonds. The molecule has 0 aromatic heterocycles. The van der Waals surface area contributed by atoms with Gasteiger partial charge in [-0.2, -0.15) is 0 Å². The van der Waals surface area contributed by atoms with Crippen molar-refractivity contribution in [2.75, 3.05) is 6.61 Å². The molecule has 2 aliphatic carbocycles. The molecule has 0 aromatic carbocycles. The molecule has 0 spiro atoms. The predicted octanol–water partition coefficient (Wildman–Crippen LogP) is 3.38. The Morgan fingerprint density at radius 3 is 2.59 bits per heavy atom. The largest absolute Gasteiger partial charge is 0.391 e. The second-order valence-electron chi connectivity index (χ2n) is 7.07. The summed E-state index contributed by atoms with van der Waals surface area (Å²) in [6, 6.07) is 0. The van der Waals surface area contributed by atoms with Crippen molar-refractivity contribution < 1.29 is 9.84 Å². The highest BCUT2D eigenvalue weighted by Crippen LogP contribution is 2.63. The van der Waals surface area contributed by atoms with Crippen LogP contribution in [0.5, 0.6) is 0 Å². The van der Waals surface area contributed by atoms with Gasteiger partial charge in [0.2, 0.25) is 0 Å². The van der Waals surface area contributed by atoms with Crippen molar-refractivity contribution >= 4 is 0 Å². The van der Waals surface area contributed by atoms with E-state index in [4.69, 9.17) is 4.74 Å². The van der Waals surface area contributed by atoms with Gasteiger partial charge in [0, 0.05) is 0 Å². The fourth-order valence-corrected chi connectivity index (χ4v) is 4.30. The third kappa shape index (κ3) is 2.26. The van der Waals surface area contributed by atoms with Crippen molar-refractivity contribution in [3.05, 3.63) is 0 Å². The van der Waals surface area contributed by atoms with Gasteiger partial charge >= 0.3 is 0 Å². The van der Waals surface area contributed by atoms with Crippen LogP contribution in [0.25, 0.3) is 0 Å². The third-order valence-electron chi connectivity index (χ3n) is 5.21. The van der Waals surface area contributed by atoms with Gasteiger partial charge < -0.3 is 9.84 Å². The topological polar surface area (TPSA) is 29.5 Å². The van der Waals surface area contributed by atoms with Gasteiger partial charge in [0.15, 0.2) is 0 Å². The molecule has 2 saturated carbocycles. The molecule has 0 aliphatic heterocycles. The minimum Gasteiger partial charge on any atom is -0.391 e. The van der Waals surface area contributed by atoms with Crippen LogP contribution >= 0.6 is 0 Å². The zero-order chi connectivity index (χ0) is 12.7. The first-order valence-corrected chi connectivity index (χ1v) is 7.20. The zero-order valence-corrected chi connectivity index (χ0v) is 11.8. The van der Waals surface area contributed by atoms with E-state index in [9.17, 15) is 5.11 Å². The van der Waals surface area contributed by atoms with Crippen LogP contribution < -0.4 is 0 Å². The van der Waals surface area contributed by atoms with E-state index in [-0.39, 0.29) is 6.10 Å². The lowest BCUT2D eigenvalue weighted by molar-refractivity contribution is -0.111. The minimum absolute atomic E-state index is 0.279. The van der Waals surface area contributed by atoms with Crippen LogP contribution in [0.1, 0.15) is 59.8 Å². The van der Waals surface area contributed by atoms with E-state index < -0.39 is 0 Å². The molecule has 1 N–H and O–H groups in total. The summed E-state index contributed by atoms with van der Waals surface area (Å²) in [6.45, 7) is 9.69. The number of rotatable bonds is 5. The Morgan fingerprint density at radius 1 is 1.35 bits per heavy atom. The summed E-state index contributed by atoms with van der Waals surface area (Å²) in [5.74, 6) is 0.820. The van der Waals surface area contributed by atoms with Crippen LogP contribution in [-0.4, -0.2) is 23.9 Å². The van der Waals surface area contributed by atoms with E-state index >= 15 is 0 Å². The van der Waals surface area contributed by atoms with Crippen LogP contribution in [0.15, 0.2) is 0 Å². The van der Waals surface area contributed by atoms with Crippen molar-refractivity contribution in [2.24, 2.45) is 16.7 Å². The quantitative estimate of drug-likeness (QED) is 0.798. The molecular weight excluding hydrogens is 212 g/mol. The molecule has 2 rings (SSSR count). The molecular formula is C15H28O2. The molecule has 2 fully saturated rings. The van der Waals surface area contributed by atoms with E-state index in [0.717, 1.165) is 18.8 Å². The Kier molecular flexibility index (Phi) is 3.57. The summed E-state index contributed by atoms with van der Waals surface area (Å²) in [4.78, 5) is 0. The normalized spacial score (nSPS) is 40.8. The summed E-state index contributed by atoms with van der Waals surface area (Å²) in [7, 11) is 0. The molecule has 100 valence electrons. The monoisotopic (exact) mass is 240 g/mol. The van der Waals surface area contributed by atoms with Gasteiger partial charge in [0.1, 0.15) is 0 Å². The maximum absolute atomic E-state index is 9.81. The van der Waals surface area contributed by atoms with Gasteiger partial charge in [-0.15, -0.1) is 0 Å². The van der Waals surface area contributed by atoms with Crippen molar-refractivity contribution in [1.29, 1.82) is 0 Å². The lowest BCUT2D eigenvalue weighted by Gasteiger charge is -2.42. The molecule has 0 saturated heterocycles. The van der Waals surface area contributed by atoms with Crippen LogP contribution in [0.4, 0.5) is 0 Å². The molecule has 17 heavy (non-hydrogen) atoms. The van der Waals surface area contributed by atoms with E-state index in [1.165, 1.54) is 19.3 Å². The highest BCUT2D eigenvalue weighted by Gasteiger charge is 2.60. The summed E-state index contributed by atoms with van der Waals surface area (Å²) in [6.07, 6.45) is 5.91. The van der Waals surface area contributed by atoms with Gasteiger partial charge in [-0.05, 0) is 42.4 Å². The van der Waals surface area contributed by atoms with Crippen LogP contribution in [-0.2, 0) is 4.74 Å². The lowest BCUT2D eigenvalue weighted by atomic mass is 9.70. The number of ether oxygens (including phenoxy) is 1. The second-order valence-corrected chi connectivity index (χ2v) is 7.07. The van der Waals surface area contributed by atoms with E-state index in [1.807, 2.05) is 0 Å². The Labute approximate surface area is 106 Å². The molecule has 0 aromatic rings. The molecule has 2 heteroatoms. The van der Waals surface area contributed by atoms with Crippen molar-refractivity contribution in [1.82, 2.24) is 0 Å². The molecule has 0 radical (unpaired) electrons. The number of fused-ring (bicyclic) bond motifs is 2. The van der Waals surface area contributed by atoms with E-state index in [1.54, 1.807) is 0 Å². The van der Waals surface area contributed by atoms with Crippen molar-refractivity contribution in [3.8, 4) is 0 Å². The average molecular weight is 240 g/mol. The first-order chi connectivity index (χ1) is 7.90. The molecule has 2 aliphatic rings. The van der Waals surface area contributed by atoms with Crippen LogP contribution in [0.3, 0.4) is 0 Å². The number of hydrogen-bond donors (Lipinski definition) is 1. The number of aliphatic hydroxyl groups excluding tert-OH is 1. The minimum atomic E-state index is -0.279. The van der Waals surface area contributed by atoms with Gasteiger partial charge in [-0.1, -0.05) is 34.1 Å². The highest BCUT2D eigenvalue weighted by molar-refractivity contribution is 5.09. The van der Waals surface area contributed by atoms with Gasteiger partial charge in [-0.25, -0.2) is 0 Å². The molecule has 4 atom stereocenters. The lowest BCUT2D eigenvalue weighted by Crippen LogP contribution is -2.43. The molecule has 0 heterocycles. The first kappa shape index (κ1) is 13.4. The fourth-order valence-electron chi connectivity index (χ4n) is 4.30. The predicted molar refractivity (Wildman–Crippen MR) is 69.9 cm³/mol. The summed E-state index contributed by atoms with van der Waals surface area (Å²) >= 11 is 0. The Bertz CT molecular complexity index is 269. The molecule has 4 unspecified atom stereocenters. The molecule has 2 bridgehead atoms. The number of aliphatic hydroxyl groups is 1. The third-order valence-corrected chi connectivity index (χ3v) is 5.21. The smallest absolute Gasteiger partial charge is 0.0773 e. The first-order valence-electron chi connectivity index (χ1n) is 7.20. The van der Waals surface area contributed by atoms with Crippen molar-refractivity contribution in [2.45, 2.75) is 72.0 Å². The standard InChI is InChI=1S/C15H28O2/c1-5-6-12(16)10-17-13-14(2,3)11-7-8-15(13,4)9-11/h11-13,16H,5-10H2,1-4H3.